The van der Waals surface area contributed by atoms with Gasteiger partial charge in [0.15, 0.2) is 0 Å². The van der Waals surface area contributed by atoms with Crippen molar-refractivity contribution in [1.82, 2.24) is 14.8 Å². The van der Waals surface area contributed by atoms with Crippen LogP contribution in [-0.2, 0) is 7.05 Å². The van der Waals surface area contributed by atoms with E-state index in [0.717, 1.165) is 11.1 Å². The highest BCUT2D eigenvalue weighted by atomic mass is 16.3. The number of pyridine rings is 1. The van der Waals surface area contributed by atoms with Crippen molar-refractivity contribution in [3.8, 4) is 28.1 Å². The molecule has 2 heterocycles. The highest BCUT2D eigenvalue weighted by molar-refractivity contribution is 5.74. The van der Waals surface area contributed by atoms with Gasteiger partial charge in [0, 0.05) is 31.9 Å². The monoisotopic (exact) mass is 308 g/mol. The Morgan fingerprint density at radius 2 is 1.83 bits per heavy atom. The Morgan fingerprint density at radius 3 is 2.43 bits per heavy atom. The second-order valence-electron chi connectivity index (χ2n) is 5.15. The molecule has 3 rings (SSSR count). The van der Waals surface area contributed by atoms with Crippen molar-refractivity contribution >= 4 is 5.82 Å². The van der Waals surface area contributed by atoms with E-state index < -0.39 is 0 Å². The number of phenols is 1. The van der Waals surface area contributed by atoms with Crippen molar-refractivity contribution in [3.05, 3.63) is 59.0 Å². The predicted octanol–water partition coefficient (Wildman–Crippen LogP) is 2.26. The van der Waals surface area contributed by atoms with Crippen molar-refractivity contribution in [2.75, 3.05) is 12.4 Å². The summed E-state index contributed by atoms with van der Waals surface area (Å²) in [5, 5.41) is 21.3. The SMILES string of the molecule is CNc1ccc(-c2ccc(-c3ccn(C)c(=O)c3)cc2O)nn1. The van der Waals surface area contributed by atoms with Crippen LogP contribution in [0.5, 0.6) is 5.75 Å². The minimum absolute atomic E-state index is 0.0923. The Bertz CT molecular complexity index is 901. The van der Waals surface area contributed by atoms with E-state index in [-0.39, 0.29) is 11.3 Å². The van der Waals surface area contributed by atoms with Gasteiger partial charge in [0.05, 0.1) is 5.69 Å². The molecule has 6 nitrogen and oxygen atoms in total. The number of anilines is 1. The summed E-state index contributed by atoms with van der Waals surface area (Å²) < 4.78 is 1.50. The lowest BCUT2D eigenvalue weighted by Crippen LogP contribution is -2.14. The van der Waals surface area contributed by atoms with Crippen molar-refractivity contribution in [2.45, 2.75) is 0 Å². The summed E-state index contributed by atoms with van der Waals surface area (Å²) in [6.07, 6.45) is 1.70. The van der Waals surface area contributed by atoms with Gasteiger partial charge in [-0.2, -0.15) is 0 Å². The molecule has 2 aromatic heterocycles. The Kier molecular flexibility index (Phi) is 3.80. The highest BCUT2D eigenvalue weighted by Gasteiger charge is 2.09. The van der Waals surface area contributed by atoms with E-state index in [1.54, 1.807) is 44.6 Å². The average molecular weight is 308 g/mol. The molecule has 0 fully saturated rings. The van der Waals surface area contributed by atoms with Crippen LogP contribution in [0.3, 0.4) is 0 Å². The molecule has 2 N–H and O–H groups in total. The number of hydrogen-bond acceptors (Lipinski definition) is 5. The zero-order valence-electron chi connectivity index (χ0n) is 12.8. The number of aromatic hydroxyl groups is 1. The smallest absolute Gasteiger partial charge is 0.250 e. The third-order valence-corrected chi connectivity index (χ3v) is 3.63. The topological polar surface area (TPSA) is 80.0 Å². The van der Waals surface area contributed by atoms with Crippen LogP contribution in [0.25, 0.3) is 22.4 Å². The van der Waals surface area contributed by atoms with Crippen LogP contribution in [0, 0.1) is 0 Å². The first kappa shape index (κ1) is 14.8. The van der Waals surface area contributed by atoms with E-state index in [2.05, 4.69) is 15.5 Å². The normalized spacial score (nSPS) is 10.5. The third kappa shape index (κ3) is 2.91. The van der Waals surface area contributed by atoms with Gasteiger partial charge in [0.25, 0.3) is 5.56 Å². The number of nitrogens with zero attached hydrogens (tertiary/aromatic N) is 3. The van der Waals surface area contributed by atoms with E-state index in [9.17, 15) is 9.90 Å². The van der Waals surface area contributed by atoms with Crippen molar-refractivity contribution in [1.29, 1.82) is 0 Å². The van der Waals surface area contributed by atoms with E-state index >= 15 is 0 Å². The van der Waals surface area contributed by atoms with Gasteiger partial charge < -0.3 is 15.0 Å². The average Bonchev–Trinajstić information content (AvgIpc) is 2.57. The van der Waals surface area contributed by atoms with Gasteiger partial charge >= 0.3 is 0 Å². The fourth-order valence-corrected chi connectivity index (χ4v) is 2.27. The molecule has 0 aliphatic heterocycles. The zero-order chi connectivity index (χ0) is 16.4. The number of aryl methyl sites for hydroxylation is 1. The predicted molar refractivity (Wildman–Crippen MR) is 89.4 cm³/mol. The van der Waals surface area contributed by atoms with Crippen LogP contribution in [0.15, 0.2) is 53.5 Å². The van der Waals surface area contributed by atoms with Gasteiger partial charge in [-0.25, -0.2) is 0 Å². The summed E-state index contributed by atoms with van der Waals surface area (Å²) in [4.78, 5) is 11.7. The summed E-state index contributed by atoms with van der Waals surface area (Å²) in [6.45, 7) is 0. The maximum atomic E-state index is 11.7. The lowest BCUT2D eigenvalue weighted by molar-refractivity contribution is 0.477. The maximum absolute atomic E-state index is 11.7. The van der Waals surface area contributed by atoms with Gasteiger partial charge in [-0.1, -0.05) is 6.07 Å². The number of rotatable bonds is 3. The molecule has 0 spiro atoms. The van der Waals surface area contributed by atoms with Crippen LogP contribution in [0.4, 0.5) is 5.82 Å². The molecular weight excluding hydrogens is 292 g/mol. The Balaban J connectivity index is 1.99. The molecule has 0 saturated carbocycles. The molecule has 0 saturated heterocycles. The number of hydrogen-bond donors (Lipinski definition) is 2. The molecule has 3 aromatic rings. The standard InChI is InChI=1S/C17H16N4O2/c1-18-16-6-5-14(19-20-16)13-4-3-11(9-15(13)22)12-7-8-21(2)17(23)10-12/h3-10,22H,1-2H3,(H,18,20). The molecule has 0 unspecified atom stereocenters. The van der Waals surface area contributed by atoms with Crippen LogP contribution < -0.4 is 10.9 Å². The summed E-state index contributed by atoms with van der Waals surface area (Å²) in [7, 11) is 3.46. The summed E-state index contributed by atoms with van der Waals surface area (Å²) in [5.74, 6) is 0.750. The molecule has 0 atom stereocenters. The van der Waals surface area contributed by atoms with Crippen molar-refractivity contribution in [3.63, 3.8) is 0 Å². The van der Waals surface area contributed by atoms with E-state index in [1.165, 1.54) is 10.6 Å². The molecule has 1 aromatic carbocycles. The number of benzene rings is 1. The highest BCUT2D eigenvalue weighted by Crippen LogP contribution is 2.32. The van der Waals surface area contributed by atoms with Crippen LogP contribution in [-0.4, -0.2) is 26.9 Å². The van der Waals surface area contributed by atoms with Crippen molar-refractivity contribution < 1.29 is 5.11 Å². The van der Waals surface area contributed by atoms with Gasteiger partial charge in [-0.15, -0.1) is 10.2 Å². The Labute approximate surface area is 133 Å². The van der Waals surface area contributed by atoms with Gasteiger partial charge in [0.1, 0.15) is 11.6 Å². The fourth-order valence-electron chi connectivity index (χ4n) is 2.27. The number of nitrogens with one attached hydrogen (secondary N) is 1. The minimum Gasteiger partial charge on any atom is -0.507 e. The van der Waals surface area contributed by atoms with Gasteiger partial charge in [-0.3, -0.25) is 4.79 Å². The third-order valence-electron chi connectivity index (χ3n) is 3.63. The van der Waals surface area contributed by atoms with Crippen LogP contribution in [0.1, 0.15) is 0 Å². The number of aromatic nitrogens is 3. The first-order valence-electron chi connectivity index (χ1n) is 7.10. The van der Waals surface area contributed by atoms with E-state index in [0.29, 0.717) is 17.1 Å². The molecule has 0 aliphatic rings. The lowest BCUT2D eigenvalue weighted by Gasteiger charge is -2.08. The molecule has 0 aliphatic carbocycles. The largest absolute Gasteiger partial charge is 0.507 e. The molecule has 6 heteroatoms. The van der Waals surface area contributed by atoms with Crippen molar-refractivity contribution in [2.24, 2.45) is 7.05 Å². The molecule has 116 valence electrons. The second-order valence-corrected chi connectivity index (χ2v) is 5.15. The van der Waals surface area contributed by atoms with Crippen LogP contribution in [0.2, 0.25) is 0 Å². The molecule has 0 bridgehead atoms. The van der Waals surface area contributed by atoms with E-state index in [4.69, 9.17) is 0 Å². The Hall–Kier alpha value is -3.15. The molecule has 0 radical (unpaired) electrons. The second kappa shape index (κ2) is 5.92. The minimum atomic E-state index is -0.0976. The summed E-state index contributed by atoms with van der Waals surface area (Å²) in [5.41, 5.74) is 2.60. The fraction of sp³-hybridized carbons (Fsp3) is 0.118. The quantitative estimate of drug-likeness (QED) is 0.776. The summed E-state index contributed by atoms with van der Waals surface area (Å²) >= 11 is 0. The van der Waals surface area contributed by atoms with Crippen LogP contribution >= 0.6 is 0 Å². The first-order valence-corrected chi connectivity index (χ1v) is 7.10. The summed E-state index contributed by atoms with van der Waals surface area (Å²) in [6, 6.07) is 12.2. The van der Waals surface area contributed by atoms with E-state index in [1.807, 2.05) is 12.1 Å². The van der Waals surface area contributed by atoms with Gasteiger partial charge in [-0.05, 0) is 41.5 Å². The van der Waals surface area contributed by atoms with Gasteiger partial charge in [0.2, 0.25) is 0 Å². The molecule has 0 amide bonds. The maximum Gasteiger partial charge on any atom is 0.250 e. The zero-order valence-corrected chi connectivity index (χ0v) is 12.8. The lowest BCUT2D eigenvalue weighted by atomic mass is 10.0. The number of phenolic OH excluding ortho intramolecular Hbond substituents is 1. The Morgan fingerprint density at radius 1 is 1.04 bits per heavy atom. The molecule has 23 heavy (non-hydrogen) atoms. The molecular formula is C17H16N4O2. The first-order chi connectivity index (χ1) is 11.1.